The molecule has 1 amide bonds. The Kier molecular flexibility index (Phi) is 7.67. The van der Waals surface area contributed by atoms with Gasteiger partial charge in [-0.15, -0.1) is 0 Å². The molecule has 1 N–H and O–H groups in total. The van der Waals surface area contributed by atoms with E-state index in [1.165, 1.54) is 11.6 Å². The van der Waals surface area contributed by atoms with Crippen LogP contribution in [-0.2, 0) is 16.1 Å². The molecule has 5 nitrogen and oxygen atoms in total. The van der Waals surface area contributed by atoms with Gasteiger partial charge < -0.3 is 14.8 Å². The zero-order valence-electron chi connectivity index (χ0n) is 15.6. The van der Waals surface area contributed by atoms with Crippen molar-refractivity contribution in [1.29, 1.82) is 0 Å². The lowest BCUT2D eigenvalue weighted by Gasteiger charge is -2.26. The standard InChI is InChI=1S/C21H22Br2N2O3/c1-27-21-16(12-17(22)13-19(21)23)4-7-20(26)24-18-5-2-15(3-6-18)14-25-8-10-28-11-9-25/h2-7,12-13H,8-11,14H2,1H3,(H,24,26)/b7-4+. The number of hydrogen-bond acceptors (Lipinski definition) is 4. The van der Waals surface area contributed by atoms with E-state index < -0.39 is 0 Å². The van der Waals surface area contributed by atoms with Gasteiger partial charge in [-0.3, -0.25) is 9.69 Å². The van der Waals surface area contributed by atoms with Crippen molar-refractivity contribution in [2.24, 2.45) is 0 Å². The van der Waals surface area contributed by atoms with Crippen LogP contribution in [0.25, 0.3) is 6.08 Å². The average molecular weight is 510 g/mol. The van der Waals surface area contributed by atoms with Crippen LogP contribution >= 0.6 is 31.9 Å². The predicted molar refractivity (Wildman–Crippen MR) is 119 cm³/mol. The summed E-state index contributed by atoms with van der Waals surface area (Å²) in [5, 5.41) is 2.89. The minimum Gasteiger partial charge on any atom is -0.495 e. The van der Waals surface area contributed by atoms with Gasteiger partial charge in [-0.25, -0.2) is 0 Å². The van der Waals surface area contributed by atoms with Gasteiger partial charge in [0, 0.05) is 41.4 Å². The molecule has 2 aromatic rings. The third-order valence-corrected chi connectivity index (χ3v) is 5.43. The number of carbonyl (C=O) groups excluding carboxylic acids is 1. The van der Waals surface area contributed by atoms with Crippen LogP contribution in [-0.4, -0.2) is 44.2 Å². The lowest BCUT2D eigenvalue weighted by atomic mass is 10.1. The number of methoxy groups -OCH3 is 1. The van der Waals surface area contributed by atoms with Crippen molar-refractivity contribution >= 4 is 49.5 Å². The number of rotatable bonds is 6. The molecule has 0 spiro atoms. The molecule has 1 heterocycles. The lowest BCUT2D eigenvalue weighted by Crippen LogP contribution is -2.35. The summed E-state index contributed by atoms with van der Waals surface area (Å²) < 4.78 is 12.5. The van der Waals surface area contributed by atoms with E-state index in [2.05, 4.69) is 42.1 Å². The highest BCUT2D eigenvalue weighted by molar-refractivity contribution is 9.11. The van der Waals surface area contributed by atoms with Crippen LogP contribution in [0.5, 0.6) is 5.75 Å². The number of hydrogen-bond donors (Lipinski definition) is 1. The molecule has 1 aliphatic rings. The molecule has 0 aliphatic carbocycles. The summed E-state index contributed by atoms with van der Waals surface area (Å²) >= 11 is 6.91. The number of nitrogens with one attached hydrogen (secondary N) is 1. The van der Waals surface area contributed by atoms with E-state index in [0.717, 1.165) is 53.0 Å². The average Bonchev–Trinajstić information content (AvgIpc) is 2.68. The van der Waals surface area contributed by atoms with Crippen LogP contribution < -0.4 is 10.1 Å². The zero-order chi connectivity index (χ0) is 19.9. The van der Waals surface area contributed by atoms with E-state index in [9.17, 15) is 4.79 Å². The molecular formula is C21H22Br2N2O3. The number of carbonyl (C=O) groups is 1. The highest BCUT2D eigenvalue weighted by Crippen LogP contribution is 2.33. The van der Waals surface area contributed by atoms with Crippen LogP contribution in [0.2, 0.25) is 0 Å². The fourth-order valence-electron chi connectivity index (χ4n) is 2.98. The minimum atomic E-state index is -0.195. The highest BCUT2D eigenvalue weighted by atomic mass is 79.9. The Morgan fingerprint density at radius 3 is 2.61 bits per heavy atom. The predicted octanol–water partition coefficient (Wildman–Crippen LogP) is 4.70. The van der Waals surface area contributed by atoms with Crippen molar-refractivity contribution in [3.8, 4) is 5.75 Å². The molecule has 1 fully saturated rings. The Hall–Kier alpha value is -1.67. The van der Waals surface area contributed by atoms with Gasteiger partial charge in [0.1, 0.15) is 5.75 Å². The molecule has 0 unspecified atom stereocenters. The quantitative estimate of drug-likeness (QED) is 0.573. The Balaban J connectivity index is 1.59. The number of nitrogens with zero attached hydrogens (tertiary/aromatic N) is 1. The van der Waals surface area contributed by atoms with E-state index in [1.54, 1.807) is 13.2 Å². The van der Waals surface area contributed by atoms with Gasteiger partial charge in [-0.2, -0.15) is 0 Å². The van der Waals surface area contributed by atoms with Gasteiger partial charge in [0.05, 0.1) is 24.8 Å². The summed E-state index contributed by atoms with van der Waals surface area (Å²) in [5.74, 6) is 0.485. The van der Waals surface area contributed by atoms with E-state index in [0.29, 0.717) is 5.75 Å². The first-order chi connectivity index (χ1) is 13.5. The first kappa shape index (κ1) is 21.0. The molecule has 0 bridgehead atoms. The molecule has 0 atom stereocenters. The summed E-state index contributed by atoms with van der Waals surface area (Å²) in [4.78, 5) is 14.6. The van der Waals surface area contributed by atoms with E-state index in [4.69, 9.17) is 9.47 Å². The maximum absolute atomic E-state index is 12.3. The Morgan fingerprint density at radius 2 is 1.93 bits per heavy atom. The van der Waals surface area contributed by atoms with Crippen molar-refractivity contribution in [1.82, 2.24) is 4.90 Å². The molecule has 2 aromatic carbocycles. The Bertz CT molecular complexity index is 847. The summed E-state index contributed by atoms with van der Waals surface area (Å²) in [5.41, 5.74) is 2.79. The van der Waals surface area contributed by atoms with Crippen molar-refractivity contribution in [2.45, 2.75) is 6.54 Å². The molecule has 0 aromatic heterocycles. The van der Waals surface area contributed by atoms with E-state index in [1.807, 2.05) is 36.4 Å². The highest BCUT2D eigenvalue weighted by Gasteiger charge is 2.11. The van der Waals surface area contributed by atoms with Crippen molar-refractivity contribution < 1.29 is 14.3 Å². The topological polar surface area (TPSA) is 50.8 Å². The number of halogens is 2. The van der Waals surface area contributed by atoms with Crippen LogP contribution in [0.1, 0.15) is 11.1 Å². The lowest BCUT2D eigenvalue weighted by molar-refractivity contribution is -0.111. The van der Waals surface area contributed by atoms with Gasteiger partial charge in [-0.05, 0) is 51.8 Å². The van der Waals surface area contributed by atoms with Crippen LogP contribution in [0.4, 0.5) is 5.69 Å². The summed E-state index contributed by atoms with van der Waals surface area (Å²) in [6.07, 6.45) is 3.23. The third kappa shape index (κ3) is 5.91. The molecule has 1 aliphatic heterocycles. The van der Waals surface area contributed by atoms with Gasteiger partial charge in [-0.1, -0.05) is 28.1 Å². The first-order valence-electron chi connectivity index (χ1n) is 8.96. The molecular weight excluding hydrogens is 488 g/mol. The van der Waals surface area contributed by atoms with Crippen LogP contribution in [0.3, 0.4) is 0 Å². The van der Waals surface area contributed by atoms with Crippen LogP contribution in [0.15, 0.2) is 51.4 Å². The van der Waals surface area contributed by atoms with Crippen molar-refractivity contribution in [2.75, 3.05) is 38.7 Å². The van der Waals surface area contributed by atoms with Gasteiger partial charge in [0.15, 0.2) is 0 Å². The fourth-order valence-corrected chi connectivity index (χ4v) is 4.40. The van der Waals surface area contributed by atoms with E-state index >= 15 is 0 Å². The second-order valence-electron chi connectivity index (χ2n) is 6.42. The molecule has 0 saturated carbocycles. The molecule has 7 heteroatoms. The second kappa shape index (κ2) is 10.2. The number of ether oxygens (including phenoxy) is 2. The Morgan fingerprint density at radius 1 is 1.21 bits per heavy atom. The maximum Gasteiger partial charge on any atom is 0.248 e. The largest absolute Gasteiger partial charge is 0.495 e. The number of morpholine rings is 1. The molecule has 0 radical (unpaired) electrons. The number of benzene rings is 2. The van der Waals surface area contributed by atoms with Crippen molar-refractivity contribution in [3.05, 3.63) is 62.5 Å². The molecule has 3 rings (SSSR count). The third-order valence-electron chi connectivity index (χ3n) is 4.39. The SMILES string of the molecule is COc1c(Br)cc(Br)cc1/C=C/C(=O)Nc1ccc(CN2CCOCC2)cc1. The smallest absolute Gasteiger partial charge is 0.248 e. The molecule has 1 saturated heterocycles. The summed E-state index contributed by atoms with van der Waals surface area (Å²) in [6.45, 7) is 4.39. The van der Waals surface area contributed by atoms with Gasteiger partial charge in [0.2, 0.25) is 5.91 Å². The zero-order valence-corrected chi connectivity index (χ0v) is 18.8. The number of anilines is 1. The minimum absolute atomic E-state index is 0.195. The fraction of sp³-hybridized carbons (Fsp3) is 0.286. The van der Waals surface area contributed by atoms with E-state index in [-0.39, 0.29) is 5.91 Å². The summed E-state index contributed by atoms with van der Waals surface area (Å²) in [6, 6.07) is 11.7. The van der Waals surface area contributed by atoms with Crippen molar-refractivity contribution in [3.63, 3.8) is 0 Å². The molecule has 148 valence electrons. The second-order valence-corrected chi connectivity index (χ2v) is 8.19. The first-order valence-corrected chi connectivity index (χ1v) is 10.5. The maximum atomic E-state index is 12.3. The number of amides is 1. The van der Waals surface area contributed by atoms with Crippen LogP contribution in [0, 0.1) is 0 Å². The van der Waals surface area contributed by atoms with Gasteiger partial charge >= 0.3 is 0 Å². The molecule has 28 heavy (non-hydrogen) atoms. The van der Waals surface area contributed by atoms with Gasteiger partial charge in [0.25, 0.3) is 0 Å². The Labute approximate surface area is 182 Å². The summed E-state index contributed by atoms with van der Waals surface area (Å²) in [7, 11) is 1.60. The normalized spacial score (nSPS) is 15.0. The monoisotopic (exact) mass is 508 g/mol.